The molecule has 4 nitrogen and oxygen atoms in total. The van der Waals surface area contributed by atoms with Crippen LogP contribution in [-0.4, -0.2) is 40.5 Å². The van der Waals surface area contributed by atoms with Crippen LogP contribution in [0.4, 0.5) is 10.5 Å². The molecule has 0 saturated carbocycles. The van der Waals surface area contributed by atoms with Crippen molar-refractivity contribution in [3.8, 4) is 0 Å². The number of aromatic nitrogens is 1. The van der Waals surface area contributed by atoms with Gasteiger partial charge in [-0.25, -0.2) is 4.79 Å². The monoisotopic (exact) mass is 421 g/mol. The predicted molar refractivity (Wildman–Crippen MR) is 126 cm³/mol. The first-order valence-corrected chi connectivity index (χ1v) is 12.0. The second kappa shape index (κ2) is 8.20. The summed E-state index contributed by atoms with van der Waals surface area (Å²) in [5.74, 6) is 2.40. The lowest BCUT2D eigenvalue weighted by atomic mass is 9.99. The van der Waals surface area contributed by atoms with Gasteiger partial charge >= 0.3 is 6.03 Å². The van der Waals surface area contributed by atoms with Gasteiger partial charge in [0.2, 0.25) is 0 Å². The Hall–Kier alpha value is -2.31. The molecule has 148 valence electrons. The molecule has 2 N–H and O–H groups in total. The van der Waals surface area contributed by atoms with Gasteiger partial charge in [-0.3, -0.25) is 0 Å². The van der Waals surface area contributed by atoms with E-state index in [1.165, 1.54) is 33.6 Å². The molecule has 3 aromatic rings. The van der Waals surface area contributed by atoms with E-state index < -0.39 is 0 Å². The second-order valence-electron chi connectivity index (χ2n) is 7.30. The maximum atomic E-state index is 12.8. The van der Waals surface area contributed by atoms with Crippen LogP contribution in [-0.2, 0) is 0 Å². The minimum absolute atomic E-state index is 0.0249. The lowest BCUT2D eigenvalue weighted by molar-refractivity contribution is 0.217. The maximum Gasteiger partial charge on any atom is 0.322 e. The number of carbonyl (C=O) groups excluding carboxylic acids is 1. The zero-order valence-corrected chi connectivity index (χ0v) is 17.7. The normalized spacial score (nSPS) is 17.5. The number of para-hydroxylation sites is 1. The van der Waals surface area contributed by atoms with Crippen molar-refractivity contribution in [3.05, 3.63) is 71.9 Å². The Morgan fingerprint density at radius 1 is 1.10 bits per heavy atom. The van der Waals surface area contributed by atoms with E-state index in [0.717, 1.165) is 24.2 Å². The van der Waals surface area contributed by atoms with E-state index >= 15 is 0 Å². The van der Waals surface area contributed by atoms with Crippen molar-refractivity contribution in [1.29, 1.82) is 0 Å². The highest BCUT2D eigenvalue weighted by Gasteiger charge is 2.21. The molecule has 5 rings (SSSR count). The Labute approximate surface area is 179 Å². The Morgan fingerprint density at radius 2 is 1.97 bits per heavy atom. The number of anilines is 1. The summed E-state index contributed by atoms with van der Waals surface area (Å²) in [5.41, 5.74) is 5.88. The fraction of sp³-hybridized carbons (Fsp3) is 0.261. The topological polar surface area (TPSA) is 48.1 Å². The molecule has 0 aliphatic carbocycles. The second-order valence-corrected chi connectivity index (χ2v) is 10.0. The lowest BCUT2D eigenvalue weighted by Crippen LogP contribution is -2.37. The Bertz CT molecular complexity index is 1070. The summed E-state index contributed by atoms with van der Waals surface area (Å²) in [6.45, 7) is 1.36. The average Bonchev–Trinajstić information content (AvgIpc) is 3.44. The standard InChI is InChI=1S/C23H23N3OS2/c27-23(25-18-5-3-4-17(14-18)22-28-12-13-29-22)26-10-8-16(9-11-26)20-15-24-21-7-2-1-6-19(20)21/h1-8,14-15,22,24H,9-13H2,(H,25,27). The first kappa shape index (κ1) is 18.7. The van der Waals surface area contributed by atoms with E-state index in [0.29, 0.717) is 11.1 Å². The van der Waals surface area contributed by atoms with Crippen LogP contribution in [0.2, 0.25) is 0 Å². The summed E-state index contributed by atoms with van der Waals surface area (Å²) in [5, 5.41) is 4.33. The molecule has 2 amide bonds. The lowest BCUT2D eigenvalue weighted by Gasteiger charge is -2.27. The van der Waals surface area contributed by atoms with Crippen molar-refractivity contribution >= 4 is 51.7 Å². The molecule has 2 aliphatic rings. The van der Waals surface area contributed by atoms with Gasteiger partial charge in [-0.2, -0.15) is 0 Å². The van der Waals surface area contributed by atoms with Gasteiger partial charge in [0.1, 0.15) is 0 Å². The van der Waals surface area contributed by atoms with Crippen molar-refractivity contribution < 1.29 is 4.79 Å². The highest BCUT2D eigenvalue weighted by Crippen LogP contribution is 2.45. The molecule has 2 aromatic carbocycles. The number of nitrogens with zero attached hydrogens (tertiary/aromatic N) is 1. The van der Waals surface area contributed by atoms with Gasteiger partial charge in [0.25, 0.3) is 0 Å². The molecule has 0 radical (unpaired) electrons. The molecule has 2 aliphatic heterocycles. The number of amides is 2. The zero-order chi connectivity index (χ0) is 19.6. The maximum absolute atomic E-state index is 12.8. The van der Waals surface area contributed by atoms with Crippen LogP contribution in [0.25, 0.3) is 16.5 Å². The van der Waals surface area contributed by atoms with Gasteiger partial charge in [-0.1, -0.05) is 36.4 Å². The van der Waals surface area contributed by atoms with Crippen LogP contribution >= 0.6 is 23.5 Å². The van der Waals surface area contributed by atoms with Crippen molar-refractivity contribution in [1.82, 2.24) is 9.88 Å². The van der Waals surface area contributed by atoms with E-state index in [-0.39, 0.29) is 6.03 Å². The molecule has 1 fully saturated rings. The van der Waals surface area contributed by atoms with E-state index in [9.17, 15) is 4.79 Å². The first-order valence-electron chi connectivity index (χ1n) is 9.92. The number of nitrogens with one attached hydrogen (secondary N) is 2. The minimum atomic E-state index is -0.0249. The van der Waals surface area contributed by atoms with Crippen LogP contribution in [0.15, 0.2) is 60.8 Å². The average molecular weight is 422 g/mol. The molecule has 29 heavy (non-hydrogen) atoms. The van der Waals surface area contributed by atoms with E-state index in [1.807, 2.05) is 46.6 Å². The summed E-state index contributed by atoms with van der Waals surface area (Å²) < 4.78 is 0.489. The summed E-state index contributed by atoms with van der Waals surface area (Å²) in [4.78, 5) is 18.0. The number of aromatic amines is 1. The number of benzene rings is 2. The van der Waals surface area contributed by atoms with Crippen LogP contribution in [0, 0.1) is 0 Å². The number of H-pyrrole nitrogens is 1. The molecule has 0 bridgehead atoms. The third-order valence-electron chi connectivity index (χ3n) is 5.46. The molecule has 3 heterocycles. The molecule has 1 saturated heterocycles. The summed E-state index contributed by atoms with van der Waals surface area (Å²) in [6.07, 6.45) is 5.13. The van der Waals surface area contributed by atoms with Crippen molar-refractivity contribution in [3.63, 3.8) is 0 Å². The van der Waals surface area contributed by atoms with E-state index in [1.54, 1.807) is 0 Å². The Morgan fingerprint density at radius 3 is 2.79 bits per heavy atom. The Kier molecular flexibility index (Phi) is 5.29. The van der Waals surface area contributed by atoms with Crippen molar-refractivity contribution in [2.45, 2.75) is 11.0 Å². The number of urea groups is 1. The minimum Gasteiger partial charge on any atom is -0.361 e. The third-order valence-corrected chi connectivity index (χ3v) is 8.57. The number of carbonyl (C=O) groups is 1. The van der Waals surface area contributed by atoms with Crippen LogP contribution < -0.4 is 5.32 Å². The van der Waals surface area contributed by atoms with E-state index in [4.69, 9.17) is 0 Å². The van der Waals surface area contributed by atoms with Crippen LogP contribution in [0.5, 0.6) is 0 Å². The summed E-state index contributed by atoms with van der Waals surface area (Å²) >= 11 is 3.96. The highest BCUT2D eigenvalue weighted by atomic mass is 32.2. The van der Waals surface area contributed by atoms with Crippen molar-refractivity contribution in [2.24, 2.45) is 0 Å². The van der Waals surface area contributed by atoms with Gasteiger partial charge in [0.05, 0.1) is 4.58 Å². The SMILES string of the molecule is O=C(Nc1cccc(C2SCCS2)c1)N1CC=C(c2c[nH]c3ccccc23)CC1. The highest BCUT2D eigenvalue weighted by molar-refractivity contribution is 8.19. The number of hydrogen-bond donors (Lipinski definition) is 2. The predicted octanol–water partition coefficient (Wildman–Crippen LogP) is 5.97. The number of thioether (sulfide) groups is 2. The summed E-state index contributed by atoms with van der Waals surface area (Å²) in [7, 11) is 0. The fourth-order valence-corrected chi connectivity index (χ4v) is 6.79. The van der Waals surface area contributed by atoms with Gasteiger partial charge in [-0.05, 0) is 35.8 Å². The largest absolute Gasteiger partial charge is 0.361 e. The van der Waals surface area contributed by atoms with E-state index in [2.05, 4.69) is 52.9 Å². The fourth-order valence-electron chi connectivity index (χ4n) is 3.95. The number of hydrogen-bond acceptors (Lipinski definition) is 3. The molecular formula is C23H23N3OS2. The first-order chi connectivity index (χ1) is 14.3. The molecule has 6 heteroatoms. The summed E-state index contributed by atoms with van der Waals surface area (Å²) in [6, 6.07) is 16.6. The molecule has 1 aromatic heterocycles. The van der Waals surface area contributed by atoms with Crippen LogP contribution in [0.1, 0.15) is 22.1 Å². The number of rotatable bonds is 3. The van der Waals surface area contributed by atoms with Gasteiger partial charge in [0.15, 0.2) is 0 Å². The smallest absolute Gasteiger partial charge is 0.322 e. The van der Waals surface area contributed by atoms with Gasteiger partial charge < -0.3 is 15.2 Å². The Balaban J connectivity index is 1.26. The number of fused-ring (bicyclic) bond motifs is 1. The quantitative estimate of drug-likeness (QED) is 0.548. The molecule has 0 atom stereocenters. The zero-order valence-electron chi connectivity index (χ0n) is 16.1. The van der Waals surface area contributed by atoms with Gasteiger partial charge in [0, 0.05) is 52.9 Å². The third kappa shape index (κ3) is 3.91. The van der Waals surface area contributed by atoms with Gasteiger partial charge in [-0.15, -0.1) is 23.5 Å². The van der Waals surface area contributed by atoms with Crippen molar-refractivity contribution in [2.75, 3.05) is 29.9 Å². The molecular weight excluding hydrogens is 398 g/mol. The molecule has 0 spiro atoms. The molecule has 0 unspecified atom stereocenters. The van der Waals surface area contributed by atoms with Crippen LogP contribution in [0.3, 0.4) is 0 Å².